The molecule has 1 fully saturated rings. The Hall–Kier alpha value is -0.610. The maximum Gasteiger partial charge on any atom is 0.222 e. The first kappa shape index (κ1) is 15.4. The molecule has 0 aliphatic heterocycles. The minimum absolute atomic E-state index is 0.0450. The molecule has 0 aromatic heterocycles. The van der Waals surface area contributed by atoms with E-state index in [2.05, 4.69) is 6.92 Å². The van der Waals surface area contributed by atoms with Crippen LogP contribution in [-0.4, -0.2) is 42.2 Å². The molecule has 0 saturated heterocycles. The van der Waals surface area contributed by atoms with Gasteiger partial charge in [-0.3, -0.25) is 4.79 Å². The van der Waals surface area contributed by atoms with Gasteiger partial charge in [0.2, 0.25) is 5.91 Å². The van der Waals surface area contributed by atoms with Crippen molar-refractivity contribution in [1.29, 1.82) is 0 Å². The molecule has 0 aromatic rings. The van der Waals surface area contributed by atoms with Crippen molar-refractivity contribution < 1.29 is 9.90 Å². The average Bonchev–Trinajstić information content (AvgIpc) is 2.31. The molecule has 1 atom stereocenters. The predicted octanol–water partition coefficient (Wildman–Crippen LogP) is 1.37. The minimum atomic E-state index is 0.0450. The molecule has 1 rings (SSSR count). The Morgan fingerprint density at radius 2 is 1.89 bits per heavy atom. The zero-order chi connectivity index (χ0) is 13.5. The largest absolute Gasteiger partial charge is 0.395 e. The molecule has 1 unspecified atom stereocenters. The standard InChI is InChI=1S/C14H28N2O2/c1-11(15)9-12-3-5-13(6-4-12)10-14(18)16(2)7-8-17/h11-13,17H,3-10,15H2,1-2H3. The van der Waals surface area contributed by atoms with Gasteiger partial charge >= 0.3 is 0 Å². The van der Waals surface area contributed by atoms with Crippen LogP contribution in [0, 0.1) is 11.8 Å². The zero-order valence-electron chi connectivity index (χ0n) is 11.8. The Balaban J connectivity index is 2.24. The molecular weight excluding hydrogens is 228 g/mol. The highest BCUT2D eigenvalue weighted by Crippen LogP contribution is 2.33. The van der Waals surface area contributed by atoms with Gasteiger partial charge in [-0.15, -0.1) is 0 Å². The molecule has 0 bridgehead atoms. The Morgan fingerprint density at radius 1 is 1.33 bits per heavy atom. The third-order valence-electron chi connectivity index (χ3n) is 4.00. The van der Waals surface area contributed by atoms with E-state index < -0.39 is 0 Å². The molecule has 1 amide bonds. The van der Waals surface area contributed by atoms with Crippen molar-refractivity contribution in [3.05, 3.63) is 0 Å². The number of carbonyl (C=O) groups excluding carboxylic acids is 1. The van der Waals surface area contributed by atoms with Gasteiger partial charge in [-0.25, -0.2) is 0 Å². The first-order chi connectivity index (χ1) is 8.52. The van der Waals surface area contributed by atoms with E-state index >= 15 is 0 Å². The Labute approximate surface area is 111 Å². The van der Waals surface area contributed by atoms with Gasteiger partial charge in [0.25, 0.3) is 0 Å². The summed E-state index contributed by atoms with van der Waals surface area (Å²) in [6.45, 7) is 2.56. The van der Waals surface area contributed by atoms with Crippen LogP contribution in [0.2, 0.25) is 0 Å². The third kappa shape index (κ3) is 5.36. The van der Waals surface area contributed by atoms with Crippen LogP contribution in [0.3, 0.4) is 0 Å². The second-order valence-corrected chi connectivity index (χ2v) is 5.84. The quantitative estimate of drug-likeness (QED) is 0.754. The third-order valence-corrected chi connectivity index (χ3v) is 4.00. The summed E-state index contributed by atoms with van der Waals surface area (Å²) in [7, 11) is 1.76. The number of carbonyl (C=O) groups is 1. The molecule has 3 N–H and O–H groups in total. The van der Waals surface area contributed by atoms with E-state index in [1.807, 2.05) is 0 Å². The summed E-state index contributed by atoms with van der Waals surface area (Å²) in [5.74, 6) is 1.45. The lowest BCUT2D eigenvalue weighted by Gasteiger charge is -2.30. The van der Waals surface area contributed by atoms with Crippen molar-refractivity contribution in [1.82, 2.24) is 4.90 Å². The summed E-state index contributed by atoms with van der Waals surface area (Å²) >= 11 is 0. The van der Waals surface area contributed by atoms with Gasteiger partial charge in [0.1, 0.15) is 0 Å². The number of amides is 1. The SMILES string of the molecule is CC(N)CC1CCC(CC(=O)N(C)CCO)CC1. The Kier molecular flexibility index (Phi) is 6.65. The number of likely N-dealkylation sites (N-methyl/N-ethyl adjacent to an activating group) is 1. The molecule has 4 heteroatoms. The van der Waals surface area contributed by atoms with E-state index in [4.69, 9.17) is 10.8 Å². The molecule has 0 aromatic carbocycles. The minimum Gasteiger partial charge on any atom is -0.395 e. The number of aliphatic hydroxyl groups excluding tert-OH is 1. The number of hydrogen-bond donors (Lipinski definition) is 2. The maximum absolute atomic E-state index is 11.9. The second kappa shape index (κ2) is 7.74. The van der Waals surface area contributed by atoms with Gasteiger partial charge in [0, 0.05) is 26.1 Å². The smallest absolute Gasteiger partial charge is 0.222 e. The van der Waals surface area contributed by atoms with Gasteiger partial charge in [-0.1, -0.05) is 12.8 Å². The fourth-order valence-corrected chi connectivity index (χ4v) is 2.87. The highest BCUT2D eigenvalue weighted by molar-refractivity contribution is 5.76. The lowest BCUT2D eigenvalue weighted by molar-refractivity contribution is -0.131. The van der Waals surface area contributed by atoms with Crippen LogP contribution in [0.4, 0.5) is 0 Å². The number of hydrogen-bond acceptors (Lipinski definition) is 3. The fraction of sp³-hybridized carbons (Fsp3) is 0.929. The van der Waals surface area contributed by atoms with E-state index in [0.717, 1.165) is 25.2 Å². The Bertz CT molecular complexity index is 248. The highest BCUT2D eigenvalue weighted by atomic mass is 16.3. The summed E-state index contributed by atoms with van der Waals surface area (Å²) < 4.78 is 0. The first-order valence-corrected chi connectivity index (χ1v) is 7.13. The summed E-state index contributed by atoms with van der Waals surface area (Å²) in [5.41, 5.74) is 5.83. The van der Waals surface area contributed by atoms with Crippen molar-refractivity contribution >= 4 is 5.91 Å². The molecule has 0 heterocycles. The summed E-state index contributed by atoms with van der Waals surface area (Å²) in [4.78, 5) is 13.5. The molecule has 1 aliphatic carbocycles. The van der Waals surface area contributed by atoms with E-state index in [1.54, 1.807) is 11.9 Å². The van der Waals surface area contributed by atoms with E-state index in [0.29, 0.717) is 24.9 Å². The van der Waals surface area contributed by atoms with Gasteiger partial charge in [-0.2, -0.15) is 0 Å². The lowest BCUT2D eigenvalue weighted by atomic mass is 9.78. The molecule has 106 valence electrons. The van der Waals surface area contributed by atoms with Crippen LogP contribution in [0.15, 0.2) is 0 Å². The van der Waals surface area contributed by atoms with Gasteiger partial charge in [0.15, 0.2) is 0 Å². The number of rotatable bonds is 6. The summed E-state index contributed by atoms with van der Waals surface area (Å²) in [6.07, 6.45) is 6.48. The Morgan fingerprint density at radius 3 is 2.39 bits per heavy atom. The molecule has 0 spiro atoms. The van der Waals surface area contributed by atoms with Crippen LogP contribution in [0.1, 0.15) is 45.4 Å². The molecule has 1 aliphatic rings. The van der Waals surface area contributed by atoms with Crippen LogP contribution in [-0.2, 0) is 4.79 Å². The number of nitrogens with two attached hydrogens (primary N) is 1. The van der Waals surface area contributed by atoms with Crippen LogP contribution in [0.5, 0.6) is 0 Å². The topological polar surface area (TPSA) is 66.6 Å². The monoisotopic (exact) mass is 256 g/mol. The van der Waals surface area contributed by atoms with Crippen molar-refractivity contribution in [2.24, 2.45) is 17.6 Å². The first-order valence-electron chi connectivity index (χ1n) is 7.13. The molecule has 18 heavy (non-hydrogen) atoms. The molecule has 4 nitrogen and oxygen atoms in total. The number of nitrogens with zero attached hydrogens (tertiary/aromatic N) is 1. The van der Waals surface area contributed by atoms with Crippen LogP contribution < -0.4 is 5.73 Å². The predicted molar refractivity (Wildman–Crippen MR) is 73.1 cm³/mol. The van der Waals surface area contributed by atoms with Crippen LogP contribution in [0.25, 0.3) is 0 Å². The normalized spacial score (nSPS) is 25.8. The number of aliphatic hydroxyl groups is 1. The van der Waals surface area contributed by atoms with E-state index in [1.165, 1.54) is 12.8 Å². The highest BCUT2D eigenvalue weighted by Gasteiger charge is 2.24. The van der Waals surface area contributed by atoms with Gasteiger partial charge in [0.05, 0.1) is 6.61 Å². The van der Waals surface area contributed by atoms with E-state index in [9.17, 15) is 4.79 Å². The molecule has 0 radical (unpaired) electrons. The van der Waals surface area contributed by atoms with Crippen molar-refractivity contribution in [3.63, 3.8) is 0 Å². The molecule has 1 saturated carbocycles. The van der Waals surface area contributed by atoms with Crippen molar-refractivity contribution in [2.75, 3.05) is 20.2 Å². The maximum atomic E-state index is 11.9. The van der Waals surface area contributed by atoms with Gasteiger partial charge < -0.3 is 15.7 Å². The van der Waals surface area contributed by atoms with Crippen molar-refractivity contribution in [2.45, 2.75) is 51.5 Å². The lowest BCUT2D eigenvalue weighted by Crippen LogP contribution is -2.32. The van der Waals surface area contributed by atoms with Crippen molar-refractivity contribution in [3.8, 4) is 0 Å². The van der Waals surface area contributed by atoms with Crippen LogP contribution >= 0.6 is 0 Å². The zero-order valence-corrected chi connectivity index (χ0v) is 11.8. The van der Waals surface area contributed by atoms with E-state index in [-0.39, 0.29) is 12.5 Å². The summed E-state index contributed by atoms with van der Waals surface area (Å²) in [6, 6.07) is 0.295. The average molecular weight is 256 g/mol. The summed E-state index contributed by atoms with van der Waals surface area (Å²) in [5, 5.41) is 8.80. The second-order valence-electron chi connectivity index (χ2n) is 5.84. The molecular formula is C14H28N2O2. The van der Waals surface area contributed by atoms with Gasteiger partial charge in [-0.05, 0) is 38.0 Å². The fourth-order valence-electron chi connectivity index (χ4n) is 2.87.